The Labute approximate surface area is 152 Å². The van der Waals surface area contributed by atoms with Gasteiger partial charge >= 0.3 is 0 Å². The van der Waals surface area contributed by atoms with E-state index in [1.54, 1.807) is 11.3 Å². The zero-order valence-electron chi connectivity index (χ0n) is 15.2. The molecule has 1 aromatic carbocycles. The highest BCUT2D eigenvalue weighted by Crippen LogP contribution is 2.31. The summed E-state index contributed by atoms with van der Waals surface area (Å²) in [5, 5.41) is 5.78. The number of hydrogen-bond acceptors (Lipinski definition) is 5. The van der Waals surface area contributed by atoms with E-state index in [1.165, 1.54) is 11.1 Å². The average molecular weight is 356 g/mol. The second-order valence-corrected chi connectivity index (χ2v) is 8.58. The lowest BCUT2D eigenvalue weighted by Gasteiger charge is -2.33. The number of nitrogens with zero attached hydrogens (tertiary/aromatic N) is 4. The standard InChI is InChI=1S/C19H24N4OS/c1-13-7-5-6-8-14(13)15-11-22(9-10-24-15)18-21-23-12-16(19(2,3)4)20-17(23)25-18/h5-8,12,15H,9-11H2,1-4H3. The van der Waals surface area contributed by atoms with Crippen LogP contribution in [0.2, 0.25) is 0 Å². The summed E-state index contributed by atoms with van der Waals surface area (Å²) in [7, 11) is 0. The van der Waals surface area contributed by atoms with Crippen LogP contribution in [0.25, 0.3) is 4.96 Å². The first-order chi connectivity index (χ1) is 11.9. The smallest absolute Gasteiger partial charge is 0.214 e. The molecule has 0 saturated carbocycles. The van der Waals surface area contributed by atoms with Gasteiger partial charge in [-0.3, -0.25) is 0 Å². The van der Waals surface area contributed by atoms with Gasteiger partial charge in [0.2, 0.25) is 10.1 Å². The van der Waals surface area contributed by atoms with Crippen molar-refractivity contribution in [2.75, 3.05) is 24.6 Å². The maximum atomic E-state index is 6.03. The molecule has 0 radical (unpaired) electrons. The largest absolute Gasteiger partial charge is 0.370 e. The Balaban J connectivity index is 1.58. The molecular weight excluding hydrogens is 332 g/mol. The van der Waals surface area contributed by atoms with E-state index in [0.29, 0.717) is 6.61 Å². The van der Waals surface area contributed by atoms with Crippen molar-refractivity contribution in [2.24, 2.45) is 0 Å². The number of morpholine rings is 1. The molecule has 3 aromatic rings. The summed E-state index contributed by atoms with van der Waals surface area (Å²) in [5.74, 6) is 0. The predicted molar refractivity (Wildman–Crippen MR) is 102 cm³/mol. The van der Waals surface area contributed by atoms with E-state index in [0.717, 1.165) is 28.9 Å². The molecular formula is C19H24N4OS. The predicted octanol–water partition coefficient (Wildman–Crippen LogP) is 3.97. The van der Waals surface area contributed by atoms with Crippen molar-refractivity contribution in [3.8, 4) is 0 Å². The third-order valence-electron chi connectivity index (χ3n) is 4.67. The highest BCUT2D eigenvalue weighted by Gasteiger charge is 2.26. The van der Waals surface area contributed by atoms with E-state index >= 15 is 0 Å². The number of anilines is 1. The summed E-state index contributed by atoms with van der Waals surface area (Å²) in [4.78, 5) is 8.03. The summed E-state index contributed by atoms with van der Waals surface area (Å²) >= 11 is 1.65. The number of imidazole rings is 1. The lowest BCUT2D eigenvalue weighted by atomic mass is 9.93. The SMILES string of the molecule is Cc1ccccc1C1CN(c2nn3cc(C(C)(C)C)nc3s2)CCO1. The summed E-state index contributed by atoms with van der Waals surface area (Å²) in [5.41, 5.74) is 3.67. The average Bonchev–Trinajstić information content (AvgIpc) is 3.14. The Morgan fingerprint density at radius 1 is 1.24 bits per heavy atom. The fourth-order valence-corrected chi connectivity index (χ4v) is 4.06. The number of benzene rings is 1. The third-order valence-corrected chi connectivity index (χ3v) is 5.66. The van der Waals surface area contributed by atoms with Gasteiger partial charge in [-0.05, 0) is 18.1 Å². The van der Waals surface area contributed by atoms with Gasteiger partial charge in [0.1, 0.15) is 6.10 Å². The van der Waals surface area contributed by atoms with Crippen LogP contribution < -0.4 is 4.90 Å². The number of fused-ring (bicyclic) bond motifs is 1. The Hall–Kier alpha value is -1.92. The first kappa shape index (κ1) is 16.5. The fraction of sp³-hybridized carbons (Fsp3) is 0.474. The third kappa shape index (κ3) is 3.16. The van der Waals surface area contributed by atoms with Gasteiger partial charge in [0, 0.05) is 12.0 Å². The molecule has 0 bridgehead atoms. The van der Waals surface area contributed by atoms with Gasteiger partial charge in [0.25, 0.3) is 0 Å². The van der Waals surface area contributed by atoms with Crippen LogP contribution in [-0.4, -0.2) is 34.3 Å². The topological polar surface area (TPSA) is 42.7 Å². The van der Waals surface area contributed by atoms with E-state index in [-0.39, 0.29) is 11.5 Å². The van der Waals surface area contributed by atoms with Crippen molar-refractivity contribution in [1.82, 2.24) is 14.6 Å². The molecule has 4 rings (SSSR count). The zero-order chi connectivity index (χ0) is 17.6. The van der Waals surface area contributed by atoms with Gasteiger partial charge in [-0.25, -0.2) is 9.50 Å². The number of hydrogen-bond donors (Lipinski definition) is 0. The first-order valence-electron chi connectivity index (χ1n) is 8.70. The highest BCUT2D eigenvalue weighted by molar-refractivity contribution is 7.20. The molecule has 0 spiro atoms. The molecule has 25 heavy (non-hydrogen) atoms. The van der Waals surface area contributed by atoms with Crippen LogP contribution in [0, 0.1) is 6.92 Å². The van der Waals surface area contributed by atoms with Gasteiger partial charge < -0.3 is 9.64 Å². The van der Waals surface area contributed by atoms with Crippen molar-refractivity contribution in [3.63, 3.8) is 0 Å². The Morgan fingerprint density at radius 2 is 2.04 bits per heavy atom. The number of rotatable bonds is 2. The maximum Gasteiger partial charge on any atom is 0.214 e. The lowest BCUT2D eigenvalue weighted by Crippen LogP contribution is -2.38. The highest BCUT2D eigenvalue weighted by atomic mass is 32.1. The molecule has 2 aromatic heterocycles. The monoisotopic (exact) mass is 356 g/mol. The minimum Gasteiger partial charge on any atom is -0.370 e. The fourth-order valence-electron chi connectivity index (χ4n) is 3.14. The van der Waals surface area contributed by atoms with Gasteiger partial charge in [0.15, 0.2) is 0 Å². The summed E-state index contributed by atoms with van der Waals surface area (Å²) in [6.07, 6.45) is 2.14. The number of aryl methyl sites for hydroxylation is 1. The molecule has 1 saturated heterocycles. The minimum atomic E-state index is 0.0441. The van der Waals surface area contributed by atoms with Gasteiger partial charge in [-0.2, -0.15) is 0 Å². The van der Waals surface area contributed by atoms with Crippen molar-refractivity contribution < 1.29 is 4.74 Å². The first-order valence-corrected chi connectivity index (χ1v) is 9.52. The molecule has 1 unspecified atom stereocenters. The maximum absolute atomic E-state index is 6.03. The van der Waals surface area contributed by atoms with Crippen LogP contribution in [0.5, 0.6) is 0 Å². The minimum absolute atomic E-state index is 0.0441. The van der Waals surface area contributed by atoms with Gasteiger partial charge in [0.05, 0.1) is 25.0 Å². The van der Waals surface area contributed by atoms with Crippen LogP contribution in [0.15, 0.2) is 30.5 Å². The number of ether oxygens (including phenoxy) is 1. The molecule has 1 atom stereocenters. The molecule has 6 heteroatoms. The van der Waals surface area contributed by atoms with Crippen molar-refractivity contribution in [3.05, 3.63) is 47.3 Å². The van der Waals surface area contributed by atoms with E-state index in [2.05, 4.69) is 63.1 Å². The molecule has 1 aliphatic heterocycles. The van der Waals surface area contributed by atoms with E-state index in [9.17, 15) is 0 Å². The summed E-state index contributed by atoms with van der Waals surface area (Å²) < 4.78 is 7.94. The van der Waals surface area contributed by atoms with Crippen LogP contribution in [0.3, 0.4) is 0 Å². The van der Waals surface area contributed by atoms with Crippen LogP contribution in [-0.2, 0) is 10.2 Å². The molecule has 1 aliphatic rings. The van der Waals surface area contributed by atoms with Crippen molar-refractivity contribution in [1.29, 1.82) is 0 Å². The molecule has 0 N–H and O–H groups in total. The zero-order valence-corrected chi connectivity index (χ0v) is 16.0. The quantitative estimate of drug-likeness (QED) is 0.697. The normalized spacial score (nSPS) is 18.9. The summed E-state index contributed by atoms with van der Waals surface area (Å²) in [6.45, 7) is 11.1. The molecule has 5 nitrogen and oxygen atoms in total. The number of aromatic nitrogens is 3. The lowest BCUT2D eigenvalue weighted by molar-refractivity contribution is 0.0393. The van der Waals surface area contributed by atoms with Crippen LogP contribution >= 0.6 is 11.3 Å². The van der Waals surface area contributed by atoms with Crippen molar-refractivity contribution >= 4 is 21.4 Å². The molecule has 132 valence electrons. The molecule has 0 amide bonds. The van der Waals surface area contributed by atoms with Gasteiger partial charge in [-0.15, -0.1) is 5.10 Å². The molecule has 3 heterocycles. The van der Waals surface area contributed by atoms with Crippen molar-refractivity contribution in [2.45, 2.75) is 39.2 Å². The Kier molecular flexibility index (Phi) is 4.04. The Bertz CT molecular complexity index is 861. The summed E-state index contributed by atoms with van der Waals surface area (Å²) in [6, 6.07) is 8.45. The van der Waals surface area contributed by atoms with Crippen LogP contribution in [0.1, 0.15) is 43.7 Å². The Morgan fingerprint density at radius 3 is 2.76 bits per heavy atom. The molecule has 0 aliphatic carbocycles. The second-order valence-electron chi connectivity index (χ2n) is 7.65. The second kappa shape index (κ2) is 6.11. The van der Waals surface area contributed by atoms with E-state index < -0.39 is 0 Å². The molecule has 1 fully saturated rings. The van der Waals surface area contributed by atoms with Gasteiger partial charge in [-0.1, -0.05) is 56.4 Å². The van der Waals surface area contributed by atoms with E-state index in [1.807, 2.05) is 4.52 Å². The van der Waals surface area contributed by atoms with E-state index in [4.69, 9.17) is 14.8 Å². The van der Waals surface area contributed by atoms with Crippen LogP contribution in [0.4, 0.5) is 5.13 Å².